The van der Waals surface area contributed by atoms with Gasteiger partial charge in [0, 0.05) is 12.1 Å². The maximum absolute atomic E-state index is 12.8. The smallest absolute Gasteiger partial charge is 0.255 e. The van der Waals surface area contributed by atoms with Crippen LogP contribution in [0.15, 0.2) is 78.9 Å². The van der Waals surface area contributed by atoms with Crippen LogP contribution in [-0.2, 0) is 6.54 Å². The lowest BCUT2D eigenvalue weighted by atomic mass is 10.1. The average molecular weight is 402 g/mol. The Bertz CT molecular complexity index is 1000. The van der Waals surface area contributed by atoms with Gasteiger partial charge in [0.25, 0.3) is 11.8 Å². The minimum absolute atomic E-state index is 0.247. The largest absolute Gasteiger partial charge is 0.493 e. The van der Waals surface area contributed by atoms with Crippen LogP contribution in [0.5, 0.6) is 5.75 Å². The summed E-state index contributed by atoms with van der Waals surface area (Å²) in [6, 6.07) is 23.7. The van der Waals surface area contributed by atoms with Gasteiger partial charge in [-0.05, 0) is 41.8 Å². The molecule has 0 radical (unpaired) electrons. The molecule has 0 aliphatic rings. The third-order valence-corrected chi connectivity index (χ3v) is 4.40. The topological polar surface area (TPSA) is 67.4 Å². The monoisotopic (exact) mass is 402 g/mol. The maximum Gasteiger partial charge on any atom is 0.255 e. The van der Waals surface area contributed by atoms with Crippen LogP contribution in [0.25, 0.3) is 0 Å². The Morgan fingerprint density at radius 2 is 1.60 bits per heavy atom. The van der Waals surface area contributed by atoms with E-state index in [1.807, 2.05) is 36.4 Å². The van der Waals surface area contributed by atoms with Crippen molar-refractivity contribution in [1.29, 1.82) is 0 Å². The molecule has 5 heteroatoms. The molecule has 0 fully saturated rings. The van der Waals surface area contributed by atoms with E-state index >= 15 is 0 Å². The first-order valence-corrected chi connectivity index (χ1v) is 9.98. The number of benzene rings is 3. The molecule has 3 rings (SSSR count). The Labute approximate surface area is 177 Å². The molecule has 3 aromatic carbocycles. The van der Waals surface area contributed by atoms with E-state index in [-0.39, 0.29) is 11.8 Å². The highest BCUT2D eigenvalue weighted by molar-refractivity contribution is 6.09. The van der Waals surface area contributed by atoms with Gasteiger partial charge in [0.1, 0.15) is 5.75 Å². The Balaban J connectivity index is 1.69. The van der Waals surface area contributed by atoms with Gasteiger partial charge in [-0.15, -0.1) is 0 Å². The molecule has 0 saturated heterocycles. The van der Waals surface area contributed by atoms with Crippen molar-refractivity contribution in [1.82, 2.24) is 5.32 Å². The summed E-state index contributed by atoms with van der Waals surface area (Å²) in [5.41, 5.74) is 2.34. The highest BCUT2D eigenvalue weighted by Crippen LogP contribution is 2.19. The van der Waals surface area contributed by atoms with Gasteiger partial charge in [-0.2, -0.15) is 0 Å². The first-order valence-electron chi connectivity index (χ1n) is 9.98. The fourth-order valence-electron chi connectivity index (χ4n) is 2.85. The molecule has 0 aliphatic carbocycles. The molecule has 0 atom stereocenters. The second-order valence-corrected chi connectivity index (χ2v) is 7.40. The van der Waals surface area contributed by atoms with Gasteiger partial charge >= 0.3 is 0 Å². The second-order valence-electron chi connectivity index (χ2n) is 7.40. The zero-order valence-electron chi connectivity index (χ0n) is 17.2. The van der Waals surface area contributed by atoms with Crippen LogP contribution in [0.3, 0.4) is 0 Å². The number of anilines is 1. The molecule has 5 nitrogen and oxygen atoms in total. The molecule has 2 amide bonds. The molecule has 30 heavy (non-hydrogen) atoms. The third kappa shape index (κ3) is 5.95. The normalized spacial score (nSPS) is 10.5. The molecule has 0 spiro atoms. The molecule has 3 aromatic rings. The number of hydrogen-bond acceptors (Lipinski definition) is 3. The predicted octanol–water partition coefficient (Wildman–Crippen LogP) is 4.90. The van der Waals surface area contributed by atoms with Crippen LogP contribution in [0, 0.1) is 5.92 Å². The van der Waals surface area contributed by atoms with Crippen molar-refractivity contribution in [3.63, 3.8) is 0 Å². The van der Waals surface area contributed by atoms with Crippen LogP contribution in [0.1, 0.15) is 40.1 Å². The Morgan fingerprint density at radius 1 is 0.867 bits per heavy atom. The summed E-state index contributed by atoms with van der Waals surface area (Å²) in [5, 5.41) is 5.74. The lowest BCUT2D eigenvalue weighted by Crippen LogP contribution is -2.24. The molecule has 0 bridgehead atoms. The minimum Gasteiger partial charge on any atom is -0.493 e. The first-order chi connectivity index (χ1) is 14.5. The van der Waals surface area contributed by atoms with Crippen molar-refractivity contribution in [2.24, 2.45) is 5.92 Å². The molecule has 0 aliphatic heterocycles. The zero-order chi connectivity index (χ0) is 21.3. The zero-order valence-corrected chi connectivity index (χ0v) is 17.2. The van der Waals surface area contributed by atoms with E-state index in [0.717, 1.165) is 5.56 Å². The van der Waals surface area contributed by atoms with Crippen LogP contribution in [0.4, 0.5) is 5.69 Å². The number of para-hydroxylation sites is 1. The fraction of sp³-hybridized carbons (Fsp3) is 0.200. The van der Waals surface area contributed by atoms with Crippen LogP contribution >= 0.6 is 0 Å². The highest BCUT2D eigenvalue weighted by atomic mass is 16.5. The summed E-state index contributed by atoms with van der Waals surface area (Å²) >= 11 is 0. The maximum atomic E-state index is 12.8. The van der Waals surface area contributed by atoms with E-state index in [1.165, 1.54) is 0 Å². The van der Waals surface area contributed by atoms with Crippen molar-refractivity contribution in [2.75, 3.05) is 11.9 Å². The molecule has 154 valence electrons. The van der Waals surface area contributed by atoms with E-state index in [2.05, 4.69) is 24.5 Å². The molecule has 0 aromatic heterocycles. The Kier molecular flexibility index (Phi) is 7.22. The fourth-order valence-corrected chi connectivity index (χ4v) is 2.85. The molecule has 0 saturated carbocycles. The van der Waals surface area contributed by atoms with E-state index < -0.39 is 0 Å². The average Bonchev–Trinajstić information content (AvgIpc) is 2.77. The first kappa shape index (κ1) is 21.1. The van der Waals surface area contributed by atoms with Crippen LogP contribution in [0.2, 0.25) is 0 Å². The summed E-state index contributed by atoms with van der Waals surface area (Å²) in [6.07, 6.45) is 0. The van der Waals surface area contributed by atoms with Gasteiger partial charge in [-0.1, -0.05) is 62.4 Å². The molecular formula is C25H26N2O3. The Hall–Kier alpha value is -3.60. The number of amides is 2. The number of nitrogens with one attached hydrogen (secondary N) is 2. The van der Waals surface area contributed by atoms with E-state index in [4.69, 9.17) is 4.74 Å². The van der Waals surface area contributed by atoms with Gasteiger partial charge in [0.15, 0.2) is 0 Å². The van der Waals surface area contributed by atoms with Gasteiger partial charge in [0.2, 0.25) is 0 Å². The quantitative estimate of drug-likeness (QED) is 0.563. The summed E-state index contributed by atoms with van der Waals surface area (Å²) < 4.78 is 5.70. The molecule has 2 N–H and O–H groups in total. The highest BCUT2D eigenvalue weighted by Gasteiger charge is 2.14. The van der Waals surface area contributed by atoms with Crippen molar-refractivity contribution >= 4 is 17.5 Å². The summed E-state index contributed by atoms with van der Waals surface area (Å²) in [4.78, 5) is 25.4. The second kappa shape index (κ2) is 10.3. The molecule has 0 unspecified atom stereocenters. The summed E-state index contributed by atoms with van der Waals surface area (Å²) in [7, 11) is 0. The van der Waals surface area contributed by atoms with Crippen molar-refractivity contribution in [3.8, 4) is 5.75 Å². The van der Waals surface area contributed by atoms with Gasteiger partial charge in [-0.25, -0.2) is 0 Å². The van der Waals surface area contributed by atoms with E-state index in [0.29, 0.717) is 41.6 Å². The van der Waals surface area contributed by atoms with Crippen LogP contribution in [-0.4, -0.2) is 18.4 Å². The lowest BCUT2D eigenvalue weighted by Gasteiger charge is -2.13. The van der Waals surface area contributed by atoms with Crippen molar-refractivity contribution in [3.05, 3.63) is 95.6 Å². The number of carbonyl (C=O) groups excluding carboxylic acids is 2. The van der Waals surface area contributed by atoms with Gasteiger partial charge in [-0.3, -0.25) is 9.59 Å². The molecule has 0 heterocycles. The van der Waals surface area contributed by atoms with Gasteiger partial charge < -0.3 is 15.4 Å². The third-order valence-electron chi connectivity index (χ3n) is 4.40. The standard InChI is InChI=1S/C25H26N2O3/c1-18(2)17-30-21-12-8-11-20(15-21)24(28)27-23-14-7-6-13-22(23)25(29)26-16-19-9-4-3-5-10-19/h3-15,18H,16-17H2,1-2H3,(H,26,29)(H,27,28). The van der Waals surface area contributed by atoms with E-state index in [1.54, 1.807) is 42.5 Å². The summed E-state index contributed by atoms with van der Waals surface area (Å²) in [6.45, 7) is 5.12. The minimum atomic E-state index is -0.298. The SMILES string of the molecule is CC(C)COc1cccc(C(=O)Nc2ccccc2C(=O)NCc2ccccc2)c1. The number of ether oxygens (including phenoxy) is 1. The van der Waals surface area contributed by atoms with Crippen LogP contribution < -0.4 is 15.4 Å². The summed E-state index contributed by atoms with van der Waals surface area (Å²) in [5.74, 6) is 0.492. The van der Waals surface area contributed by atoms with Crippen molar-refractivity contribution < 1.29 is 14.3 Å². The van der Waals surface area contributed by atoms with E-state index in [9.17, 15) is 9.59 Å². The lowest BCUT2D eigenvalue weighted by molar-refractivity contribution is 0.0952. The molecular weight excluding hydrogens is 376 g/mol. The number of hydrogen-bond donors (Lipinski definition) is 2. The van der Waals surface area contributed by atoms with Crippen molar-refractivity contribution in [2.45, 2.75) is 20.4 Å². The van der Waals surface area contributed by atoms with Gasteiger partial charge in [0.05, 0.1) is 17.9 Å². The number of rotatable bonds is 8. The Morgan fingerprint density at radius 3 is 2.37 bits per heavy atom. The predicted molar refractivity (Wildman–Crippen MR) is 119 cm³/mol. The number of carbonyl (C=O) groups is 2.